The Balaban J connectivity index is 2.35. The number of para-hydroxylation sites is 1. The molecular weight excluding hydrogens is 363 g/mol. The number of aromatic nitrogens is 2. The van der Waals surface area contributed by atoms with Crippen molar-refractivity contribution >= 4 is 35.5 Å². The Morgan fingerprint density at radius 1 is 1.12 bits per heavy atom. The molecule has 0 unspecified atom stereocenters. The molecule has 1 N–H and O–H groups in total. The molecule has 3 aromatic rings. The van der Waals surface area contributed by atoms with Crippen molar-refractivity contribution in [1.29, 1.82) is 0 Å². The lowest BCUT2D eigenvalue weighted by Gasteiger charge is -2.13. The van der Waals surface area contributed by atoms with Crippen LogP contribution in [0.1, 0.15) is 16.2 Å². The van der Waals surface area contributed by atoms with Gasteiger partial charge in [-0.25, -0.2) is 9.78 Å². The van der Waals surface area contributed by atoms with Gasteiger partial charge in [0.1, 0.15) is 12.1 Å². The first kappa shape index (κ1) is 17.2. The van der Waals surface area contributed by atoms with Gasteiger partial charge >= 0.3 is 5.97 Å². The summed E-state index contributed by atoms with van der Waals surface area (Å²) >= 11 is 12.2. The maximum atomic E-state index is 11.6. The van der Waals surface area contributed by atoms with E-state index in [2.05, 4.69) is 4.98 Å². The van der Waals surface area contributed by atoms with Gasteiger partial charge in [0, 0.05) is 17.0 Å². The van der Waals surface area contributed by atoms with Crippen LogP contribution in [0.25, 0.3) is 17.1 Å². The molecule has 7 heteroatoms. The number of aldehydes is 1. The lowest BCUT2D eigenvalue weighted by atomic mass is 10.2. The van der Waals surface area contributed by atoms with Crippen LogP contribution in [0.15, 0.2) is 48.5 Å². The number of hydrogen-bond donors (Lipinski definition) is 1. The van der Waals surface area contributed by atoms with E-state index in [0.717, 1.165) is 0 Å². The van der Waals surface area contributed by atoms with Gasteiger partial charge in [0.25, 0.3) is 0 Å². The summed E-state index contributed by atoms with van der Waals surface area (Å²) in [5, 5.41) is 10.5. The fraction of sp³-hybridized carbons (Fsp3) is 0.0556. The van der Waals surface area contributed by atoms with Crippen LogP contribution in [0.2, 0.25) is 10.0 Å². The highest BCUT2D eigenvalue weighted by molar-refractivity contribution is 6.32. The van der Waals surface area contributed by atoms with E-state index in [0.29, 0.717) is 33.4 Å². The number of benzene rings is 2. The smallest absolute Gasteiger partial charge is 0.356 e. The largest absolute Gasteiger partial charge is 0.476 e. The maximum absolute atomic E-state index is 11.6. The van der Waals surface area contributed by atoms with E-state index < -0.39 is 5.97 Å². The summed E-state index contributed by atoms with van der Waals surface area (Å²) in [4.78, 5) is 27.0. The number of carboxylic acids is 1. The van der Waals surface area contributed by atoms with E-state index in [1.807, 2.05) is 0 Å². The average Bonchev–Trinajstić information content (AvgIpc) is 2.96. The highest BCUT2D eigenvalue weighted by Crippen LogP contribution is 2.31. The van der Waals surface area contributed by atoms with Crippen LogP contribution in [0, 0.1) is 0 Å². The number of hydrogen-bond acceptors (Lipinski definition) is 3. The molecule has 0 saturated carbocycles. The van der Waals surface area contributed by atoms with Crippen LogP contribution in [0.4, 0.5) is 0 Å². The van der Waals surface area contributed by atoms with Crippen LogP contribution in [0.5, 0.6) is 0 Å². The molecular formula is C18H12Cl2N2O3. The third kappa shape index (κ3) is 3.29. The van der Waals surface area contributed by atoms with Crippen molar-refractivity contribution in [3.63, 3.8) is 0 Å². The molecule has 0 spiro atoms. The maximum Gasteiger partial charge on any atom is 0.356 e. The van der Waals surface area contributed by atoms with Crippen molar-refractivity contribution in [3.8, 4) is 17.1 Å². The lowest BCUT2D eigenvalue weighted by Crippen LogP contribution is -2.08. The average molecular weight is 375 g/mol. The van der Waals surface area contributed by atoms with Crippen LogP contribution in [0.3, 0.4) is 0 Å². The zero-order chi connectivity index (χ0) is 18.0. The molecule has 0 amide bonds. The SMILES string of the molecule is O=CCc1c(C(=O)O)nc(-c2ccc(Cl)cc2)n1-c1ccccc1Cl. The standard InChI is InChI=1S/C18H12Cl2N2O3/c19-12-7-5-11(6-8-12)17-21-16(18(24)25)15(9-10-23)22(17)14-4-2-1-3-13(14)20/h1-8,10H,9H2,(H,24,25). The molecule has 0 saturated heterocycles. The van der Waals surface area contributed by atoms with E-state index >= 15 is 0 Å². The first-order valence-corrected chi connectivity index (χ1v) is 8.08. The zero-order valence-corrected chi connectivity index (χ0v) is 14.3. The fourth-order valence-electron chi connectivity index (χ4n) is 2.58. The number of halogens is 2. The summed E-state index contributed by atoms with van der Waals surface area (Å²) < 4.78 is 1.60. The predicted molar refractivity (Wildman–Crippen MR) is 95.7 cm³/mol. The summed E-state index contributed by atoms with van der Waals surface area (Å²) in [6.07, 6.45) is 0.538. The van der Waals surface area contributed by atoms with Crippen molar-refractivity contribution in [1.82, 2.24) is 9.55 Å². The number of nitrogens with zero attached hydrogens (tertiary/aromatic N) is 2. The third-order valence-corrected chi connectivity index (χ3v) is 4.22. The molecule has 0 bridgehead atoms. The number of imidazole rings is 1. The van der Waals surface area contributed by atoms with Crippen molar-refractivity contribution in [3.05, 3.63) is 70.0 Å². The molecule has 5 nitrogen and oxygen atoms in total. The Hall–Kier alpha value is -2.63. The monoisotopic (exact) mass is 374 g/mol. The van der Waals surface area contributed by atoms with Gasteiger partial charge in [-0.15, -0.1) is 0 Å². The van der Waals surface area contributed by atoms with Gasteiger partial charge in [-0.3, -0.25) is 4.57 Å². The molecule has 0 atom stereocenters. The van der Waals surface area contributed by atoms with E-state index in [9.17, 15) is 14.7 Å². The van der Waals surface area contributed by atoms with Gasteiger partial charge in [-0.2, -0.15) is 0 Å². The Morgan fingerprint density at radius 2 is 1.80 bits per heavy atom. The molecule has 0 fully saturated rings. The second-order valence-electron chi connectivity index (χ2n) is 5.20. The molecule has 3 rings (SSSR count). The van der Waals surface area contributed by atoms with Crippen molar-refractivity contribution in [2.24, 2.45) is 0 Å². The van der Waals surface area contributed by atoms with Gasteiger partial charge in [-0.1, -0.05) is 35.3 Å². The van der Waals surface area contributed by atoms with Crippen molar-refractivity contribution in [2.45, 2.75) is 6.42 Å². The van der Waals surface area contributed by atoms with Crippen LogP contribution >= 0.6 is 23.2 Å². The minimum atomic E-state index is -1.21. The molecule has 1 aromatic heterocycles. The summed E-state index contributed by atoms with van der Waals surface area (Å²) in [7, 11) is 0. The lowest BCUT2D eigenvalue weighted by molar-refractivity contribution is -0.107. The Kier molecular flexibility index (Phi) is 4.88. The van der Waals surface area contributed by atoms with E-state index in [1.54, 1.807) is 53.1 Å². The minimum Gasteiger partial charge on any atom is -0.476 e. The fourth-order valence-corrected chi connectivity index (χ4v) is 2.92. The highest BCUT2D eigenvalue weighted by Gasteiger charge is 2.24. The Bertz CT molecular complexity index is 949. The molecule has 0 radical (unpaired) electrons. The van der Waals surface area contributed by atoms with Gasteiger partial charge in [-0.05, 0) is 36.4 Å². The predicted octanol–water partition coefficient (Wildman–Crippen LogP) is 4.29. The topological polar surface area (TPSA) is 72.2 Å². The van der Waals surface area contributed by atoms with Crippen molar-refractivity contribution < 1.29 is 14.7 Å². The Labute approximate surface area is 153 Å². The van der Waals surface area contributed by atoms with Gasteiger partial charge in [0.2, 0.25) is 0 Å². The van der Waals surface area contributed by atoms with E-state index in [-0.39, 0.29) is 17.8 Å². The van der Waals surface area contributed by atoms with Gasteiger partial charge in [0.15, 0.2) is 5.69 Å². The Morgan fingerprint density at radius 3 is 2.40 bits per heavy atom. The van der Waals surface area contributed by atoms with E-state index in [1.165, 1.54) is 0 Å². The summed E-state index contributed by atoms with van der Waals surface area (Å²) in [6.45, 7) is 0. The second-order valence-corrected chi connectivity index (χ2v) is 6.04. The van der Waals surface area contributed by atoms with Crippen molar-refractivity contribution in [2.75, 3.05) is 0 Å². The number of aromatic carboxylic acids is 1. The van der Waals surface area contributed by atoms with E-state index in [4.69, 9.17) is 23.2 Å². The van der Waals surface area contributed by atoms with Crippen LogP contribution in [-0.4, -0.2) is 26.9 Å². The zero-order valence-electron chi connectivity index (χ0n) is 12.8. The van der Waals surface area contributed by atoms with Crippen LogP contribution < -0.4 is 0 Å². The quantitative estimate of drug-likeness (QED) is 0.676. The van der Waals surface area contributed by atoms with Gasteiger partial charge < -0.3 is 9.90 Å². The first-order chi connectivity index (χ1) is 12.0. The molecule has 0 aliphatic carbocycles. The molecule has 126 valence electrons. The van der Waals surface area contributed by atoms with Crippen LogP contribution in [-0.2, 0) is 11.2 Å². The first-order valence-electron chi connectivity index (χ1n) is 7.32. The molecule has 1 heterocycles. The highest BCUT2D eigenvalue weighted by atomic mass is 35.5. The molecule has 0 aliphatic rings. The summed E-state index contributed by atoms with van der Waals surface area (Å²) in [6, 6.07) is 13.8. The number of carbonyl (C=O) groups is 2. The number of carbonyl (C=O) groups excluding carboxylic acids is 1. The second kappa shape index (κ2) is 7.09. The molecule has 2 aromatic carbocycles. The molecule has 25 heavy (non-hydrogen) atoms. The normalized spacial score (nSPS) is 10.6. The number of rotatable bonds is 5. The summed E-state index contributed by atoms with van der Waals surface area (Å²) in [5.41, 5.74) is 1.28. The third-order valence-electron chi connectivity index (χ3n) is 3.65. The molecule has 0 aliphatic heterocycles. The minimum absolute atomic E-state index is 0.104. The number of carboxylic acid groups (broad SMARTS) is 1. The van der Waals surface area contributed by atoms with Gasteiger partial charge in [0.05, 0.1) is 16.4 Å². The summed E-state index contributed by atoms with van der Waals surface area (Å²) in [5.74, 6) is -0.836.